The molecule has 1 aromatic heterocycles. The predicted octanol–water partition coefficient (Wildman–Crippen LogP) is 2.28. The molecular formula is C15H14ClN3O3S. The lowest BCUT2D eigenvalue weighted by atomic mass is 10.1. The zero-order chi connectivity index (χ0) is 16.8. The van der Waals surface area contributed by atoms with Crippen molar-refractivity contribution in [3.05, 3.63) is 52.8 Å². The molecule has 23 heavy (non-hydrogen) atoms. The highest BCUT2D eigenvalue weighted by atomic mass is 35.5. The Bertz CT molecular complexity index is 712. The Labute approximate surface area is 142 Å². The van der Waals surface area contributed by atoms with E-state index in [1.807, 2.05) is 18.2 Å². The van der Waals surface area contributed by atoms with Gasteiger partial charge in [-0.25, -0.2) is 14.8 Å². The Morgan fingerprint density at radius 3 is 2.65 bits per heavy atom. The van der Waals surface area contributed by atoms with Crippen LogP contribution in [0.5, 0.6) is 0 Å². The van der Waals surface area contributed by atoms with Crippen molar-refractivity contribution in [2.24, 2.45) is 0 Å². The van der Waals surface area contributed by atoms with Crippen LogP contribution in [-0.2, 0) is 11.2 Å². The van der Waals surface area contributed by atoms with E-state index in [1.165, 1.54) is 18.0 Å². The molecule has 0 spiro atoms. The average molecular weight is 352 g/mol. The van der Waals surface area contributed by atoms with Crippen molar-refractivity contribution < 1.29 is 14.7 Å². The van der Waals surface area contributed by atoms with Gasteiger partial charge in [0.1, 0.15) is 6.04 Å². The van der Waals surface area contributed by atoms with Crippen LogP contribution in [0.15, 0.2) is 41.7 Å². The summed E-state index contributed by atoms with van der Waals surface area (Å²) < 4.78 is 0. The molecule has 1 unspecified atom stereocenters. The summed E-state index contributed by atoms with van der Waals surface area (Å²) in [5.41, 5.74) is 0.768. The van der Waals surface area contributed by atoms with Crippen LogP contribution in [0.1, 0.15) is 16.1 Å². The maximum Gasteiger partial charge on any atom is 0.326 e. The highest BCUT2D eigenvalue weighted by molar-refractivity contribution is 7.98. The largest absolute Gasteiger partial charge is 0.480 e. The minimum atomic E-state index is -1.13. The van der Waals surface area contributed by atoms with Crippen LogP contribution in [0.4, 0.5) is 0 Å². The Morgan fingerprint density at radius 1 is 1.35 bits per heavy atom. The first-order chi connectivity index (χ1) is 11.0. The quantitative estimate of drug-likeness (QED) is 0.612. The molecule has 0 radical (unpaired) electrons. The maximum atomic E-state index is 12.3. The minimum absolute atomic E-state index is 0.0367. The number of nitrogens with one attached hydrogen (secondary N) is 1. The Kier molecular flexibility index (Phi) is 5.95. The molecule has 0 aliphatic carbocycles. The minimum Gasteiger partial charge on any atom is -0.480 e. The zero-order valence-electron chi connectivity index (χ0n) is 12.2. The maximum absolute atomic E-state index is 12.3. The molecular weight excluding hydrogens is 338 g/mol. The van der Waals surface area contributed by atoms with Gasteiger partial charge >= 0.3 is 5.97 Å². The Hall–Kier alpha value is -2.12. The fraction of sp³-hybridized carbons (Fsp3) is 0.200. The number of aliphatic carboxylic acids is 1. The van der Waals surface area contributed by atoms with Crippen molar-refractivity contribution in [1.82, 2.24) is 15.3 Å². The van der Waals surface area contributed by atoms with Gasteiger partial charge in [0, 0.05) is 6.42 Å². The van der Waals surface area contributed by atoms with Crippen molar-refractivity contribution in [2.45, 2.75) is 17.6 Å². The Balaban J connectivity index is 2.17. The van der Waals surface area contributed by atoms with Crippen molar-refractivity contribution in [3.63, 3.8) is 0 Å². The van der Waals surface area contributed by atoms with Gasteiger partial charge in [0.2, 0.25) is 0 Å². The molecule has 2 N–H and O–H groups in total. The van der Waals surface area contributed by atoms with Crippen LogP contribution in [0.3, 0.4) is 0 Å². The fourth-order valence-corrected chi connectivity index (χ4v) is 2.40. The van der Waals surface area contributed by atoms with Gasteiger partial charge in [0.15, 0.2) is 10.9 Å². The molecule has 0 saturated carbocycles. The van der Waals surface area contributed by atoms with Gasteiger partial charge < -0.3 is 10.4 Å². The van der Waals surface area contributed by atoms with Gasteiger partial charge in [-0.1, -0.05) is 53.7 Å². The van der Waals surface area contributed by atoms with E-state index in [2.05, 4.69) is 15.3 Å². The van der Waals surface area contributed by atoms with E-state index in [9.17, 15) is 14.7 Å². The summed E-state index contributed by atoms with van der Waals surface area (Å²) in [4.78, 5) is 31.6. The second-order valence-electron chi connectivity index (χ2n) is 4.61. The van der Waals surface area contributed by atoms with E-state index in [-0.39, 0.29) is 17.1 Å². The molecule has 1 heterocycles. The third kappa shape index (κ3) is 4.67. The van der Waals surface area contributed by atoms with Gasteiger partial charge in [-0.15, -0.1) is 0 Å². The van der Waals surface area contributed by atoms with E-state index < -0.39 is 17.9 Å². The monoisotopic (exact) mass is 351 g/mol. The summed E-state index contributed by atoms with van der Waals surface area (Å²) >= 11 is 7.19. The average Bonchev–Trinajstić information content (AvgIpc) is 2.55. The number of carboxylic acid groups (broad SMARTS) is 1. The lowest BCUT2D eigenvalue weighted by Gasteiger charge is -2.15. The molecule has 120 valence electrons. The van der Waals surface area contributed by atoms with E-state index in [1.54, 1.807) is 18.4 Å². The molecule has 6 nitrogen and oxygen atoms in total. The van der Waals surface area contributed by atoms with Crippen molar-refractivity contribution in [2.75, 3.05) is 6.26 Å². The number of carbonyl (C=O) groups is 2. The van der Waals surface area contributed by atoms with Crippen LogP contribution in [0.2, 0.25) is 5.02 Å². The summed E-state index contributed by atoms with van der Waals surface area (Å²) in [6, 6.07) is 7.97. The van der Waals surface area contributed by atoms with Crippen LogP contribution >= 0.6 is 23.4 Å². The van der Waals surface area contributed by atoms with Crippen molar-refractivity contribution in [3.8, 4) is 0 Å². The summed E-state index contributed by atoms with van der Waals surface area (Å²) in [5.74, 6) is -1.77. The predicted molar refractivity (Wildman–Crippen MR) is 87.9 cm³/mol. The number of hydrogen-bond acceptors (Lipinski definition) is 5. The van der Waals surface area contributed by atoms with Gasteiger partial charge in [0.25, 0.3) is 5.91 Å². The molecule has 0 fully saturated rings. The molecule has 0 aliphatic heterocycles. The van der Waals surface area contributed by atoms with Gasteiger partial charge in [-0.05, 0) is 11.8 Å². The van der Waals surface area contributed by atoms with Gasteiger partial charge in [-0.2, -0.15) is 0 Å². The molecule has 1 atom stereocenters. The zero-order valence-corrected chi connectivity index (χ0v) is 13.8. The van der Waals surface area contributed by atoms with E-state index in [0.29, 0.717) is 5.16 Å². The molecule has 2 aromatic rings. The van der Waals surface area contributed by atoms with Crippen LogP contribution in [-0.4, -0.2) is 39.2 Å². The summed E-state index contributed by atoms with van der Waals surface area (Å²) in [7, 11) is 0. The van der Waals surface area contributed by atoms with Crippen LogP contribution in [0.25, 0.3) is 0 Å². The van der Waals surface area contributed by atoms with E-state index in [0.717, 1.165) is 5.56 Å². The smallest absolute Gasteiger partial charge is 0.326 e. The van der Waals surface area contributed by atoms with E-state index >= 15 is 0 Å². The van der Waals surface area contributed by atoms with Crippen LogP contribution < -0.4 is 5.32 Å². The highest BCUT2D eigenvalue weighted by Gasteiger charge is 2.23. The summed E-state index contributed by atoms with van der Waals surface area (Å²) in [6.07, 6.45) is 3.25. The second kappa shape index (κ2) is 7.94. The number of aromatic nitrogens is 2. The first-order valence-corrected chi connectivity index (χ1v) is 8.25. The molecule has 1 amide bonds. The third-order valence-corrected chi connectivity index (χ3v) is 3.84. The first kappa shape index (κ1) is 17.2. The number of benzene rings is 1. The SMILES string of the molecule is CSc1ncc(Cl)c(C(=O)NC(Cc2ccccc2)C(=O)O)n1. The number of carbonyl (C=O) groups excluding carboxylic acids is 1. The highest BCUT2D eigenvalue weighted by Crippen LogP contribution is 2.16. The topological polar surface area (TPSA) is 92.2 Å². The number of nitrogens with zero attached hydrogens (tertiary/aromatic N) is 2. The van der Waals surface area contributed by atoms with E-state index in [4.69, 9.17) is 11.6 Å². The number of hydrogen-bond donors (Lipinski definition) is 2. The molecule has 0 aliphatic rings. The molecule has 1 aromatic carbocycles. The number of rotatable bonds is 6. The summed E-state index contributed by atoms with van der Waals surface area (Å²) in [6.45, 7) is 0. The standard InChI is InChI=1S/C15H14ClN3O3S/c1-23-15-17-8-10(16)12(19-15)13(20)18-11(14(21)22)7-9-5-3-2-4-6-9/h2-6,8,11H,7H2,1H3,(H,18,20)(H,21,22). The normalized spacial score (nSPS) is 11.7. The summed E-state index contributed by atoms with van der Waals surface area (Å²) in [5, 5.41) is 12.2. The van der Waals surface area contributed by atoms with Crippen molar-refractivity contribution >= 4 is 35.2 Å². The third-order valence-electron chi connectivity index (χ3n) is 3.01. The number of thioether (sulfide) groups is 1. The lowest BCUT2D eigenvalue weighted by molar-refractivity contribution is -0.139. The van der Waals surface area contributed by atoms with Crippen molar-refractivity contribution in [1.29, 1.82) is 0 Å². The van der Waals surface area contributed by atoms with Gasteiger partial charge in [-0.3, -0.25) is 4.79 Å². The first-order valence-electron chi connectivity index (χ1n) is 6.65. The fourth-order valence-electron chi connectivity index (χ4n) is 1.89. The number of halogens is 1. The molecule has 8 heteroatoms. The van der Waals surface area contributed by atoms with Gasteiger partial charge in [0.05, 0.1) is 11.2 Å². The lowest BCUT2D eigenvalue weighted by Crippen LogP contribution is -2.42. The number of amides is 1. The molecule has 2 rings (SSSR count). The Morgan fingerprint density at radius 2 is 2.04 bits per heavy atom. The molecule has 0 bridgehead atoms. The second-order valence-corrected chi connectivity index (χ2v) is 5.79. The number of carboxylic acids is 1. The van der Waals surface area contributed by atoms with Crippen LogP contribution in [0, 0.1) is 0 Å². The molecule has 0 saturated heterocycles.